The fourth-order valence-corrected chi connectivity index (χ4v) is 3.04. The van der Waals surface area contributed by atoms with Crippen LogP contribution in [-0.4, -0.2) is 15.3 Å². The Labute approximate surface area is 131 Å². The lowest BCUT2D eigenvalue weighted by Gasteiger charge is -2.12. The molecule has 2 aromatic heterocycles. The van der Waals surface area contributed by atoms with Crippen molar-refractivity contribution in [2.75, 3.05) is 5.32 Å². The fourth-order valence-electron chi connectivity index (χ4n) is 2.36. The highest BCUT2D eigenvalue weighted by molar-refractivity contribution is 7.15. The van der Waals surface area contributed by atoms with Gasteiger partial charge in [-0.1, -0.05) is 25.1 Å². The maximum Gasteiger partial charge on any atom is 0.271 e. The van der Waals surface area contributed by atoms with Crippen molar-refractivity contribution in [2.45, 2.75) is 20.3 Å². The van der Waals surface area contributed by atoms with Crippen LogP contribution in [0.15, 0.2) is 40.8 Å². The number of anilines is 1. The topological polar surface area (TPSA) is 63.5 Å². The lowest BCUT2D eigenvalue weighted by molar-refractivity contribution is 0.102. The first kappa shape index (κ1) is 14.5. The zero-order valence-corrected chi connectivity index (χ0v) is 13.1. The molecule has 22 heavy (non-hydrogen) atoms. The van der Waals surface area contributed by atoms with E-state index < -0.39 is 5.91 Å². The molecule has 0 aliphatic heterocycles. The number of thiazole rings is 1. The lowest BCUT2D eigenvalue weighted by atomic mass is 10.1. The molecule has 0 spiro atoms. The molecule has 2 heterocycles. The molecule has 3 aromatic rings. The van der Waals surface area contributed by atoms with Crippen LogP contribution < -0.4 is 10.9 Å². The molecule has 112 valence electrons. The normalized spacial score (nSPS) is 10.8. The number of para-hydroxylation sites is 1. The Morgan fingerprint density at radius 3 is 3.00 bits per heavy atom. The molecular formula is C16H15N3O2S. The average Bonchev–Trinajstić information content (AvgIpc) is 2.99. The minimum absolute atomic E-state index is 0.0428. The summed E-state index contributed by atoms with van der Waals surface area (Å²) in [7, 11) is 0. The number of rotatable bonds is 3. The number of hydrogen-bond donors (Lipinski definition) is 1. The van der Waals surface area contributed by atoms with Gasteiger partial charge >= 0.3 is 0 Å². The van der Waals surface area contributed by atoms with Crippen molar-refractivity contribution in [1.82, 2.24) is 9.38 Å². The van der Waals surface area contributed by atoms with Crippen LogP contribution in [0.1, 0.15) is 28.4 Å². The number of amides is 1. The fraction of sp³-hybridized carbons (Fsp3) is 0.188. The second-order valence-electron chi connectivity index (χ2n) is 4.95. The zero-order valence-electron chi connectivity index (χ0n) is 12.3. The first-order valence-electron chi connectivity index (χ1n) is 6.96. The van der Waals surface area contributed by atoms with Crippen molar-refractivity contribution in [3.05, 3.63) is 63.0 Å². The molecule has 6 heteroatoms. The van der Waals surface area contributed by atoms with E-state index in [0.717, 1.165) is 23.2 Å². The van der Waals surface area contributed by atoms with E-state index in [1.807, 2.05) is 32.0 Å². The number of carbonyl (C=O) groups is 1. The lowest BCUT2D eigenvalue weighted by Crippen LogP contribution is -2.26. The van der Waals surface area contributed by atoms with E-state index >= 15 is 0 Å². The third-order valence-electron chi connectivity index (χ3n) is 3.57. The summed E-state index contributed by atoms with van der Waals surface area (Å²) in [6.45, 7) is 3.96. The first-order chi connectivity index (χ1) is 10.6. The van der Waals surface area contributed by atoms with Gasteiger partial charge in [0.15, 0.2) is 4.96 Å². The van der Waals surface area contributed by atoms with Crippen LogP contribution in [0.4, 0.5) is 5.69 Å². The summed E-state index contributed by atoms with van der Waals surface area (Å²) in [6.07, 6.45) is 3.77. The number of fused-ring (bicyclic) bond motifs is 1. The summed E-state index contributed by atoms with van der Waals surface area (Å²) in [4.78, 5) is 29.5. The molecule has 0 radical (unpaired) electrons. The van der Waals surface area contributed by atoms with Gasteiger partial charge < -0.3 is 5.32 Å². The quantitative estimate of drug-likeness (QED) is 0.808. The smallest absolute Gasteiger partial charge is 0.271 e. The van der Waals surface area contributed by atoms with Gasteiger partial charge in [-0.05, 0) is 24.5 Å². The molecule has 0 aliphatic carbocycles. The largest absolute Gasteiger partial charge is 0.321 e. The van der Waals surface area contributed by atoms with Gasteiger partial charge in [0.1, 0.15) is 5.56 Å². The Balaban J connectivity index is 2.01. The number of aryl methyl sites for hydroxylation is 2. The Hall–Kier alpha value is -2.47. The number of nitrogens with one attached hydrogen (secondary N) is 1. The second kappa shape index (κ2) is 5.73. The molecular weight excluding hydrogens is 298 g/mol. The first-order valence-corrected chi connectivity index (χ1v) is 7.84. The number of hydrogen-bond acceptors (Lipinski definition) is 4. The van der Waals surface area contributed by atoms with Gasteiger partial charge in [0, 0.05) is 23.5 Å². The van der Waals surface area contributed by atoms with Crippen LogP contribution in [0.5, 0.6) is 0 Å². The summed E-state index contributed by atoms with van der Waals surface area (Å²) >= 11 is 1.35. The Morgan fingerprint density at radius 1 is 1.41 bits per heavy atom. The van der Waals surface area contributed by atoms with E-state index in [4.69, 9.17) is 0 Å². The predicted molar refractivity (Wildman–Crippen MR) is 87.8 cm³/mol. The molecule has 0 saturated heterocycles. The van der Waals surface area contributed by atoms with Crippen LogP contribution in [0.25, 0.3) is 4.96 Å². The number of carbonyl (C=O) groups excluding carboxylic acids is 1. The maximum atomic E-state index is 12.5. The van der Waals surface area contributed by atoms with E-state index in [-0.39, 0.29) is 11.1 Å². The zero-order chi connectivity index (χ0) is 15.7. The number of nitrogens with zero attached hydrogens (tertiary/aromatic N) is 2. The van der Waals surface area contributed by atoms with Gasteiger partial charge in [-0.25, -0.2) is 4.98 Å². The molecule has 1 N–H and O–H groups in total. The van der Waals surface area contributed by atoms with E-state index in [9.17, 15) is 9.59 Å². The molecule has 5 nitrogen and oxygen atoms in total. The number of aromatic nitrogens is 2. The van der Waals surface area contributed by atoms with Crippen molar-refractivity contribution in [2.24, 2.45) is 0 Å². The molecule has 0 bridgehead atoms. The summed E-state index contributed by atoms with van der Waals surface area (Å²) < 4.78 is 1.39. The van der Waals surface area contributed by atoms with Crippen molar-refractivity contribution in [3.63, 3.8) is 0 Å². The van der Waals surface area contributed by atoms with Crippen molar-refractivity contribution in [3.8, 4) is 0 Å². The third kappa shape index (κ3) is 2.42. The standard InChI is InChI=1S/C16H15N3O2S/c1-3-11-6-4-5-10(2)13(11)18-14(20)12-9-17-16-19(15(12)21)7-8-22-16/h4-9H,3H2,1-2H3,(H,18,20). The van der Waals surface area contributed by atoms with Crippen molar-refractivity contribution >= 4 is 27.9 Å². The van der Waals surface area contributed by atoms with Crippen molar-refractivity contribution in [1.29, 1.82) is 0 Å². The van der Waals surface area contributed by atoms with Crippen LogP contribution in [0.3, 0.4) is 0 Å². The highest BCUT2D eigenvalue weighted by atomic mass is 32.1. The summed E-state index contributed by atoms with van der Waals surface area (Å²) in [6, 6.07) is 5.86. The van der Waals surface area contributed by atoms with E-state index in [1.165, 1.54) is 21.9 Å². The molecule has 0 aliphatic rings. The molecule has 0 saturated carbocycles. The van der Waals surface area contributed by atoms with Gasteiger partial charge in [-0.3, -0.25) is 14.0 Å². The molecule has 1 amide bonds. The maximum absolute atomic E-state index is 12.5. The van der Waals surface area contributed by atoms with Crippen LogP contribution >= 0.6 is 11.3 Å². The SMILES string of the molecule is CCc1cccc(C)c1NC(=O)c1cnc2sccn2c1=O. The predicted octanol–water partition coefficient (Wildman–Crippen LogP) is 2.88. The minimum Gasteiger partial charge on any atom is -0.321 e. The van der Waals surface area contributed by atoms with Crippen LogP contribution in [-0.2, 0) is 6.42 Å². The average molecular weight is 313 g/mol. The van der Waals surface area contributed by atoms with E-state index in [2.05, 4.69) is 10.3 Å². The van der Waals surface area contributed by atoms with E-state index in [1.54, 1.807) is 11.6 Å². The summed E-state index contributed by atoms with van der Waals surface area (Å²) in [5.41, 5.74) is 2.47. The Morgan fingerprint density at radius 2 is 2.23 bits per heavy atom. The molecule has 1 aromatic carbocycles. The van der Waals surface area contributed by atoms with Gasteiger partial charge in [-0.2, -0.15) is 0 Å². The highest BCUT2D eigenvalue weighted by Gasteiger charge is 2.16. The Bertz CT molecular complexity index is 911. The molecule has 3 rings (SSSR count). The molecule has 0 atom stereocenters. The monoisotopic (exact) mass is 313 g/mol. The minimum atomic E-state index is -0.429. The third-order valence-corrected chi connectivity index (χ3v) is 4.34. The highest BCUT2D eigenvalue weighted by Crippen LogP contribution is 2.21. The Kier molecular flexibility index (Phi) is 3.77. The van der Waals surface area contributed by atoms with Crippen LogP contribution in [0.2, 0.25) is 0 Å². The molecule has 0 fully saturated rings. The van der Waals surface area contributed by atoms with E-state index in [0.29, 0.717) is 4.96 Å². The van der Waals surface area contributed by atoms with Crippen LogP contribution in [0, 0.1) is 6.92 Å². The van der Waals surface area contributed by atoms with Crippen molar-refractivity contribution < 1.29 is 4.79 Å². The molecule has 0 unspecified atom stereocenters. The van der Waals surface area contributed by atoms with Gasteiger partial charge in [0.2, 0.25) is 0 Å². The van der Waals surface area contributed by atoms with Gasteiger partial charge in [0.25, 0.3) is 11.5 Å². The number of benzene rings is 1. The summed E-state index contributed by atoms with van der Waals surface area (Å²) in [5.74, 6) is -0.429. The van der Waals surface area contributed by atoms with Gasteiger partial charge in [-0.15, -0.1) is 11.3 Å². The second-order valence-corrected chi connectivity index (χ2v) is 5.82. The van der Waals surface area contributed by atoms with Gasteiger partial charge in [0.05, 0.1) is 0 Å². The summed E-state index contributed by atoms with van der Waals surface area (Å²) in [5, 5.41) is 4.62.